The van der Waals surface area contributed by atoms with E-state index in [0.717, 1.165) is 0 Å². The number of carbonyl (C=O) groups excluding carboxylic acids is 1. The van der Waals surface area contributed by atoms with Gasteiger partial charge in [-0.1, -0.05) is 18.2 Å². The molecule has 0 fully saturated rings. The van der Waals surface area contributed by atoms with Crippen molar-refractivity contribution in [3.8, 4) is 0 Å². The van der Waals surface area contributed by atoms with Crippen LogP contribution in [0.2, 0.25) is 0 Å². The molecule has 0 N–H and O–H groups in total. The molecule has 2 heterocycles. The van der Waals surface area contributed by atoms with E-state index in [1.54, 1.807) is 66.0 Å². The molecule has 32 heavy (non-hydrogen) atoms. The Morgan fingerprint density at radius 1 is 0.781 bits per heavy atom. The van der Waals surface area contributed by atoms with Gasteiger partial charge in [-0.05, 0) is 60.7 Å². The van der Waals surface area contributed by atoms with Crippen molar-refractivity contribution in [2.24, 2.45) is 0 Å². The van der Waals surface area contributed by atoms with Gasteiger partial charge in [0, 0.05) is 12.6 Å². The molecule has 1 amide bonds. The molecule has 0 aliphatic rings. The van der Waals surface area contributed by atoms with Crippen LogP contribution >= 0.6 is 0 Å². The number of para-hydroxylation sites is 1. The Morgan fingerprint density at radius 3 is 1.84 bits per heavy atom. The van der Waals surface area contributed by atoms with E-state index in [1.807, 2.05) is 6.07 Å². The molecule has 0 radical (unpaired) electrons. The highest BCUT2D eigenvalue weighted by molar-refractivity contribution is 7.92. The third-order valence-corrected chi connectivity index (χ3v) is 6.82. The fourth-order valence-corrected chi connectivity index (χ4v) is 4.46. The van der Waals surface area contributed by atoms with Crippen LogP contribution in [0, 0.1) is 0 Å². The van der Waals surface area contributed by atoms with Crippen molar-refractivity contribution < 1.29 is 22.0 Å². The van der Waals surface area contributed by atoms with Crippen LogP contribution in [-0.2, 0) is 23.1 Å². The summed E-state index contributed by atoms with van der Waals surface area (Å²) in [7, 11) is -2.26. The number of sulfonamides is 1. The van der Waals surface area contributed by atoms with Crippen LogP contribution in [0.25, 0.3) is 0 Å². The molecule has 4 aromatic rings. The predicted molar refractivity (Wildman–Crippen MR) is 119 cm³/mol. The highest BCUT2D eigenvalue weighted by Crippen LogP contribution is 2.23. The van der Waals surface area contributed by atoms with Gasteiger partial charge in [-0.15, -0.1) is 0 Å². The monoisotopic (exact) mass is 450 g/mol. The molecule has 4 rings (SSSR count). The van der Waals surface area contributed by atoms with E-state index in [4.69, 9.17) is 8.83 Å². The Balaban J connectivity index is 1.56. The first-order valence-electron chi connectivity index (χ1n) is 9.93. The highest BCUT2D eigenvalue weighted by atomic mass is 32.2. The third kappa shape index (κ3) is 4.60. The first-order valence-corrected chi connectivity index (χ1v) is 11.4. The SMILES string of the molecule is CN(c1ccccc1)S(=O)(=O)c1ccc(C(=O)N(Cc2ccco2)Cc2ccco2)cc1. The van der Waals surface area contributed by atoms with Gasteiger partial charge in [0.15, 0.2) is 0 Å². The quantitative estimate of drug-likeness (QED) is 0.394. The molecule has 0 spiro atoms. The van der Waals surface area contributed by atoms with Crippen LogP contribution in [0.5, 0.6) is 0 Å². The number of furan rings is 2. The predicted octanol–water partition coefficient (Wildman–Crippen LogP) is 4.54. The second-order valence-corrected chi connectivity index (χ2v) is 9.12. The fraction of sp³-hybridized carbons (Fsp3) is 0.125. The molecule has 0 saturated carbocycles. The Labute approximate surface area is 186 Å². The van der Waals surface area contributed by atoms with Gasteiger partial charge in [0.1, 0.15) is 11.5 Å². The van der Waals surface area contributed by atoms with Crippen LogP contribution in [0.3, 0.4) is 0 Å². The fourth-order valence-electron chi connectivity index (χ4n) is 3.27. The lowest BCUT2D eigenvalue weighted by molar-refractivity contribution is 0.0704. The average Bonchev–Trinajstić information content (AvgIpc) is 3.53. The number of carbonyl (C=O) groups is 1. The Hall–Kier alpha value is -3.78. The number of hydrogen-bond acceptors (Lipinski definition) is 5. The van der Waals surface area contributed by atoms with Crippen LogP contribution < -0.4 is 4.31 Å². The first kappa shape index (κ1) is 21.5. The van der Waals surface area contributed by atoms with E-state index >= 15 is 0 Å². The van der Waals surface area contributed by atoms with E-state index in [1.165, 1.54) is 35.6 Å². The largest absolute Gasteiger partial charge is 0.467 e. The van der Waals surface area contributed by atoms with Gasteiger partial charge in [-0.3, -0.25) is 9.10 Å². The van der Waals surface area contributed by atoms with Crippen molar-refractivity contribution in [3.63, 3.8) is 0 Å². The van der Waals surface area contributed by atoms with Gasteiger partial charge in [0.25, 0.3) is 15.9 Å². The molecule has 0 aliphatic heterocycles. The number of benzene rings is 2. The molecule has 0 unspecified atom stereocenters. The molecule has 0 saturated heterocycles. The van der Waals surface area contributed by atoms with Gasteiger partial charge >= 0.3 is 0 Å². The Bertz CT molecular complexity index is 1210. The van der Waals surface area contributed by atoms with E-state index in [9.17, 15) is 13.2 Å². The van der Waals surface area contributed by atoms with Crippen LogP contribution in [0.15, 0.2) is 105 Å². The summed E-state index contributed by atoms with van der Waals surface area (Å²) >= 11 is 0. The van der Waals surface area contributed by atoms with Crippen LogP contribution in [-0.4, -0.2) is 26.3 Å². The van der Waals surface area contributed by atoms with Crippen LogP contribution in [0.1, 0.15) is 21.9 Å². The molecule has 2 aromatic heterocycles. The molecule has 2 aromatic carbocycles. The van der Waals surface area contributed by atoms with Gasteiger partial charge in [-0.2, -0.15) is 0 Å². The molecule has 0 bridgehead atoms. The van der Waals surface area contributed by atoms with E-state index in [2.05, 4.69) is 0 Å². The van der Waals surface area contributed by atoms with E-state index in [-0.39, 0.29) is 23.9 Å². The molecule has 0 atom stereocenters. The molecule has 0 aliphatic carbocycles. The zero-order valence-electron chi connectivity index (χ0n) is 17.4. The van der Waals surface area contributed by atoms with Crippen molar-refractivity contribution in [1.29, 1.82) is 0 Å². The molecule has 164 valence electrons. The lowest BCUT2D eigenvalue weighted by atomic mass is 10.2. The smallest absolute Gasteiger partial charge is 0.264 e. The zero-order chi connectivity index (χ0) is 22.6. The summed E-state index contributed by atoms with van der Waals surface area (Å²) in [5.74, 6) is 1.00. The van der Waals surface area contributed by atoms with E-state index < -0.39 is 10.0 Å². The van der Waals surface area contributed by atoms with Gasteiger partial charge < -0.3 is 13.7 Å². The standard InChI is InChI=1S/C24H22N2O5S/c1-25(20-7-3-2-4-8-20)32(28,29)23-13-11-19(12-14-23)24(27)26(17-21-9-5-15-30-21)18-22-10-6-16-31-22/h2-16H,17-18H2,1H3. The molecule has 8 heteroatoms. The second-order valence-electron chi connectivity index (χ2n) is 7.15. The summed E-state index contributed by atoms with van der Waals surface area (Å²) in [4.78, 5) is 14.9. The average molecular weight is 451 g/mol. The zero-order valence-corrected chi connectivity index (χ0v) is 18.2. The maximum Gasteiger partial charge on any atom is 0.264 e. The van der Waals surface area contributed by atoms with Crippen LogP contribution in [0.4, 0.5) is 5.69 Å². The lowest BCUT2D eigenvalue weighted by Crippen LogP contribution is -2.30. The number of rotatable bonds is 8. The summed E-state index contributed by atoms with van der Waals surface area (Å²) in [5, 5.41) is 0. The van der Waals surface area contributed by atoms with Crippen molar-refractivity contribution in [1.82, 2.24) is 4.90 Å². The summed E-state index contributed by atoms with van der Waals surface area (Å²) in [6, 6.07) is 21.8. The maximum atomic E-state index is 13.2. The summed E-state index contributed by atoms with van der Waals surface area (Å²) < 4.78 is 37.9. The summed E-state index contributed by atoms with van der Waals surface area (Å²) in [6.07, 6.45) is 3.10. The van der Waals surface area contributed by atoms with Gasteiger partial charge in [-0.25, -0.2) is 8.42 Å². The van der Waals surface area contributed by atoms with Crippen molar-refractivity contribution in [2.75, 3.05) is 11.4 Å². The number of hydrogen-bond donors (Lipinski definition) is 0. The molecular weight excluding hydrogens is 428 g/mol. The second kappa shape index (κ2) is 9.15. The number of nitrogens with zero attached hydrogens (tertiary/aromatic N) is 2. The summed E-state index contributed by atoms with van der Waals surface area (Å²) in [6.45, 7) is 0.507. The number of anilines is 1. The third-order valence-electron chi connectivity index (χ3n) is 5.02. The number of amides is 1. The van der Waals surface area contributed by atoms with Crippen molar-refractivity contribution in [2.45, 2.75) is 18.0 Å². The topological polar surface area (TPSA) is 84.0 Å². The van der Waals surface area contributed by atoms with Crippen molar-refractivity contribution in [3.05, 3.63) is 108 Å². The minimum absolute atomic E-state index is 0.101. The Morgan fingerprint density at radius 2 is 1.34 bits per heavy atom. The molecular formula is C24H22N2O5S. The normalized spacial score (nSPS) is 11.3. The van der Waals surface area contributed by atoms with Gasteiger partial charge in [0.05, 0.1) is 36.2 Å². The highest BCUT2D eigenvalue weighted by Gasteiger charge is 2.23. The molecule has 7 nitrogen and oxygen atoms in total. The lowest BCUT2D eigenvalue weighted by Gasteiger charge is -2.22. The Kier molecular flexibility index (Phi) is 6.13. The van der Waals surface area contributed by atoms with Gasteiger partial charge in [0.2, 0.25) is 0 Å². The minimum Gasteiger partial charge on any atom is -0.467 e. The maximum absolute atomic E-state index is 13.2. The summed E-state index contributed by atoms with van der Waals surface area (Å²) in [5.41, 5.74) is 0.917. The van der Waals surface area contributed by atoms with Crippen molar-refractivity contribution >= 4 is 21.6 Å². The minimum atomic E-state index is -3.76. The van der Waals surface area contributed by atoms with E-state index in [0.29, 0.717) is 22.8 Å². The first-order chi connectivity index (χ1) is 15.4.